The van der Waals surface area contributed by atoms with Gasteiger partial charge in [0.2, 0.25) is 0 Å². The van der Waals surface area contributed by atoms with Crippen molar-refractivity contribution in [1.29, 1.82) is 0 Å². The van der Waals surface area contributed by atoms with Gasteiger partial charge in [0.1, 0.15) is 5.75 Å². The Balaban J connectivity index is 2.40. The molecule has 0 atom stereocenters. The van der Waals surface area contributed by atoms with E-state index >= 15 is 0 Å². The van der Waals surface area contributed by atoms with Crippen LogP contribution >= 0.6 is 0 Å². The van der Waals surface area contributed by atoms with E-state index in [9.17, 15) is 0 Å². The molecule has 94 valence electrons. The van der Waals surface area contributed by atoms with Crippen molar-refractivity contribution < 1.29 is 9.47 Å². The van der Waals surface area contributed by atoms with Crippen molar-refractivity contribution in [3.05, 3.63) is 29.3 Å². The van der Waals surface area contributed by atoms with E-state index in [-0.39, 0.29) is 5.41 Å². The van der Waals surface area contributed by atoms with Gasteiger partial charge in [0.05, 0.1) is 25.7 Å². The molecule has 3 heteroatoms. The van der Waals surface area contributed by atoms with Gasteiger partial charge in [-0.2, -0.15) is 0 Å². The molecular formula is C14H21NO2. The van der Waals surface area contributed by atoms with E-state index in [1.165, 1.54) is 11.1 Å². The van der Waals surface area contributed by atoms with Crippen LogP contribution in [0.1, 0.15) is 30.9 Å². The highest BCUT2D eigenvalue weighted by atomic mass is 16.5. The van der Waals surface area contributed by atoms with Crippen LogP contribution in [-0.2, 0) is 10.2 Å². The molecule has 1 aliphatic heterocycles. The lowest BCUT2D eigenvalue weighted by Gasteiger charge is -2.41. The predicted molar refractivity (Wildman–Crippen MR) is 68.6 cm³/mol. The Morgan fingerprint density at radius 3 is 2.53 bits per heavy atom. The highest BCUT2D eigenvalue weighted by molar-refractivity contribution is 5.43. The molecule has 0 aromatic heterocycles. The molecule has 1 aliphatic rings. The maximum absolute atomic E-state index is 5.89. The third kappa shape index (κ3) is 2.05. The summed E-state index contributed by atoms with van der Waals surface area (Å²) >= 11 is 0. The van der Waals surface area contributed by atoms with Gasteiger partial charge in [0.15, 0.2) is 0 Å². The molecule has 1 heterocycles. The number of methoxy groups -OCH3 is 1. The van der Waals surface area contributed by atoms with Crippen molar-refractivity contribution in [1.82, 2.24) is 0 Å². The Morgan fingerprint density at radius 2 is 2.12 bits per heavy atom. The second-order valence-corrected chi connectivity index (χ2v) is 5.09. The zero-order chi connectivity index (χ0) is 12.5. The van der Waals surface area contributed by atoms with Gasteiger partial charge in [0, 0.05) is 6.54 Å². The molecule has 0 spiro atoms. The number of benzene rings is 1. The lowest BCUT2D eigenvalue weighted by molar-refractivity contribution is -0.0550. The van der Waals surface area contributed by atoms with Crippen molar-refractivity contribution in [3.8, 4) is 5.75 Å². The third-order valence-corrected chi connectivity index (χ3v) is 3.61. The topological polar surface area (TPSA) is 44.5 Å². The number of rotatable bonds is 4. The quantitative estimate of drug-likeness (QED) is 0.868. The average molecular weight is 235 g/mol. The Kier molecular flexibility index (Phi) is 3.40. The summed E-state index contributed by atoms with van der Waals surface area (Å²) in [6, 6.07) is 6.37. The Bertz CT molecular complexity index is 392. The fourth-order valence-corrected chi connectivity index (χ4v) is 2.27. The predicted octanol–water partition coefficient (Wildman–Crippen LogP) is 2.05. The van der Waals surface area contributed by atoms with Crippen LogP contribution in [0.15, 0.2) is 18.2 Å². The first kappa shape index (κ1) is 12.4. The fourth-order valence-electron chi connectivity index (χ4n) is 2.27. The molecule has 0 radical (unpaired) electrons. The zero-order valence-electron chi connectivity index (χ0n) is 10.8. The smallest absolute Gasteiger partial charge is 0.122 e. The maximum atomic E-state index is 5.89. The van der Waals surface area contributed by atoms with Crippen LogP contribution in [0.4, 0.5) is 0 Å². The van der Waals surface area contributed by atoms with Gasteiger partial charge in [-0.3, -0.25) is 0 Å². The first-order valence-electron chi connectivity index (χ1n) is 6.09. The van der Waals surface area contributed by atoms with Crippen LogP contribution in [0.5, 0.6) is 5.75 Å². The van der Waals surface area contributed by atoms with Crippen LogP contribution < -0.4 is 10.5 Å². The van der Waals surface area contributed by atoms with Crippen molar-refractivity contribution in [2.45, 2.75) is 25.2 Å². The molecule has 0 unspecified atom stereocenters. The first-order valence-corrected chi connectivity index (χ1v) is 6.09. The molecule has 1 aromatic rings. The minimum atomic E-state index is 0.0237. The van der Waals surface area contributed by atoms with Crippen molar-refractivity contribution in [2.75, 3.05) is 26.9 Å². The number of nitrogens with two attached hydrogens (primary N) is 1. The highest BCUT2D eigenvalue weighted by Gasteiger charge is 2.39. The monoisotopic (exact) mass is 235 g/mol. The van der Waals surface area contributed by atoms with E-state index < -0.39 is 0 Å². The molecule has 2 N–H and O–H groups in total. The average Bonchev–Trinajstić information content (AvgIpc) is 2.28. The Hall–Kier alpha value is -1.06. The largest absolute Gasteiger partial charge is 0.496 e. The van der Waals surface area contributed by atoms with E-state index in [2.05, 4.69) is 26.0 Å². The van der Waals surface area contributed by atoms with Gasteiger partial charge in [-0.25, -0.2) is 0 Å². The molecule has 0 bridgehead atoms. The van der Waals surface area contributed by atoms with Gasteiger partial charge >= 0.3 is 0 Å². The SMILES string of the molecule is COc1ccc(C2(CN)COC2)cc1C(C)C. The number of hydrogen-bond acceptors (Lipinski definition) is 3. The molecule has 0 saturated carbocycles. The summed E-state index contributed by atoms with van der Waals surface area (Å²) in [5, 5.41) is 0. The van der Waals surface area contributed by atoms with Crippen LogP contribution in [-0.4, -0.2) is 26.9 Å². The third-order valence-electron chi connectivity index (χ3n) is 3.61. The minimum absolute atomic E-state index is 0.0237. The Morgan fingerprint density at radius 1 is 1.41 bits per heavy atom. The summed E-state index contributed by atoms with van der Waals surface area (Å²) in [4.78, 5) is 0. The summed E-state index contributed by atoms with van der Waals surface area (Å²) in [5.74, 6) is 1.40. The van der Waals surface area contributed by atoms with Crippen LogP contribution in [0, 0.1) is 0 Å². The fraction of sp³-hybridized carbons (Fsp3) is 0.571. The summed E-state index contributed by atoms with van der Waals surface area (Å²) in [6.07, 6.45) is 0. The van der Waals surface area contributed by atoms with E-state index in [0.717, 1.165) is 19.0 Å². The second-order valence-electron chi connectivity index (χ2n) is 5.09. The Labute approximate surface area is 103 Å². The molecule has 1 saturated heterocycles. The molecule has 0 amide bonds. The normalized spacial score (nSPS) is 17.9. The van der Waals surface area contributed by atoms with E-state index in [4.69, 9.17) is 15.2 Å². The van der Waals surface area contributed by atoms with Gasteiger partial charge in [-0.05, 0) is 23.1 Å². The molecule has 3 nitrogen and oxygen atoms in total. The van der Waals surface area contributed by atoms with Crippen molar-refractivity contribution in [3.63, 3.8) is 0 Å². The molecular weight excluding hydrogens is 214 g/mol. The summed E-state index contributed by atoms with van der Waals surface area (Å²) < 4.78 is 10.7. The van der Waals surface area contributed by atoms with Crippen LogP contribution in [0.25, 0.3) is 0 Å². The van der Waals surface area contributed by atoms with Crippen LogP contribution in [0.2, 0.25) is 0 Å². The van der Waals surface area contributed by atoms with E-state index in [1.54, 1.807) is 7.11 Å². The summed E-state index contributed by atoms with van der Waals surface area (Å²) in [7, 11) is 1.71. The first-order chi connectivity index (χ1) is 8.13. The molecule has 1 aromatic carbocycles. The second kappa shape index (κ2) is 4.67. The summed E-state index contributed by atoms with van der Waals surface area (Å²) in [6.45, 7) is 6.44. The molecule has 17 heavy (non-hydrogen) atoms. The summed E-state index contributed by atoms with van der Waals surface area (Å²) in [5.41, 5.74) is 8.42. The minimum Gasteiger partial charge on any atom is -0.496 e. The highest BCUT2D eigenvalue weighted by Crippen LogP contribution is 2.36. The molecule has 1 fully saturated rings. The standard InChI is InChI=1S/C14H21NO2/c1-10(2)12-6-11(4-5-13(12)16-3)14(7-15)8-17-9-14/h4-6,10H,7-9,15H2,1-3H3. The number of hydrogen-bond donors (Lipinski definition) is 1. The van der Waals surface area contributed by atoms with Gasteiger partial charge in [0.25, 0.3) is 0 Å². The lowest BCUT2D eigenvalue weighted by Crippen LogP contribution is -2.52. The molecule has 2 rings (SSSR count). The van der Waals surface area contributed by atoms with Gasteiger partial charge in [-0.1, -0.05) is 26.0 Å². The van der Waals surface area contributed by atoms with E-state index in [1.807, 2.05) is 6.07 Å². The maximum Gasteiger partial charge on any atom is 0.122 e. The van der Waals surface area contributed by atoms with E-state index in [0.29, 0.717) is 12.5 Å². The zero-order valence-corrected chi connectivity index (χ0v) is 10.8. The van der Waals surface area contributed by atoms with Gasteiger partial charge in [-0.15, -0.1) is 0 Å². The van der Waals surface area contributed by atoms with Crippen molar-refractivity contribution in [2.24, 2.45) is 5.73 Å². The van der Waals surface area contributed by atoms with Crippen molar-refractivity contribution >= 4 is 0 Å². The molecule has 0 aliphatic carbocycles. The number of ether oxygens (including phenoxy) is 2. The van der Waals surface area contributed by atoms with Crippen LogP contribution in [0.3, 0.4) is 0 Å². The van der Waals surface area contributed by atoms with Gasteiger partial charge < -0.3 is 15.2 Å². The lowest BCUT2D eigenvalue weighted by atomic mass is 9.77.